The average Bonchev–Trinajstić information content (AvgIpc) is 3.52. The third-order valence-corrected chi connectivity index (χ3v) is 5.62. The van der Waals surface area contributed by atoms with Crippen molar-refractivity contribution < 1.29 is 19.8 Å². The third kappa shape index (κ3) is 6.38. The van der Waals surface area contributed by atoms with Crippen molar-refractivity contribution in [1.29, 1.82) is 0 Å². The highest BCUT2D eigenvalue weighted by Crippen LogP contribution is 2.25. The van der Waals surface area contributed by atoms with Crippen LogP contribution in [0.5, 0.6) is 0 Å². The van der Waals surface area contributed by atoms with Crippen LogP contribution in [0, 0.1) is 0 Å². The van der Waals surface area contributed by atoms with Crippen LogP contribution >= 0.6 is 0 Å². The zero-order valence-electron chi connectivity index (χ0n) is 20.8. The van der Waals surface area contributed by atoms with Crippen LogP contribution in [0.15, 0.2) is 110 Å². The molecule has 0 unspecified atom stereocenters. The van der Waals surface area contributed by atoms with Gasteiger partial charge in [0.05, 0.1) is 22.4 Å². The Bertz CT molecular complexity index is 1580. The summed E-state index contributed by atoms with van der Waals surface area (Å²) in [6, 6.07) is 28.0. The lowest BCUT2D eigenvalue weighted by molar-refractivity contribution is -0.147. The average molecular weight is 523 g/mol. The van der Waals surface area contributed by atoms with Crippen LogP contribution in [0.4, 0.5) is 11.6 Å². The number of rotatable bonds is 4. The van der Waals surface area contributed by atoms with Crippen LogP contribution in [0.2, 0.25) is 0 Å². The molecule has 0 fully saturated rings. The number of carboxylic acid groups (broad SMARTS) is 2. The summed E-state index contributed by atoms with van der Waals surface area (Å²) in [7, 11) is 0. The van der Waals surface area contributed by atoms with E-state index < -0.39 is 18.4 Å². The zero-order valence-corrected chi connectivity index (χ0v) is 20.8. The predicted molar refractivity (Wildman–Crippen MR) is 150 cm³/mol. The molecule has 2 aromatic carbocycles. The Morgan fingerprint density at radius 1 is 0.615 bits per heavy atom. The lowest BCUT2D eigenvalue weighted by atomic mass is 10.1. The summed E-state index contributed by atoms with van der Waals surface area (Å²) in [5.74, 6) is -1.16. The van der Waals surface area contributed by atoms with Crippen LogP contribution in [-0.4, -0.2) is 40.9 Å². The monoisotopic (exact) mass is 522 g/mol. The van der Waals surface area contributed by atoms with Gasteiger partial charge in [-0.15, -0.1) is 0 Å². The van der Waals surface area contributed by atoms with Crippen molar-refractivity contribution in [3.8, 4) is 22.5 Å². The summed E-state index contributed by atoms with van der Waals surface area (Å²) < 4.78 is 3.88. The normalized spacial score (nSPS) is 10.3. The van der Waals surface area contributed by atoms with Crippen molar-refractivity contribution in [2.45, 2.75) is 6.42 Å². The van der Waals surface area contributed by atoms with Gasteiger partial charge in [-0.25, -0.2) is 0 Å². The van der Waals surface area contributed by atoms with Gasteiger partial charge in [0.25, 0.3) is 0 Å². The zero-order chi connectivity index (χ0) is 27.8. The van der Waals surface area contributed by atoms with E-state index in [-0.39, 0.29) is 0 Å². The molecule has 4 aromatic heterocycles. The molecule has 0 saturated heterocycles. The second-order valence-electron chi connectivity index (χ2n) is 8.27. The lowest BCUT2D eigenvalue weighted by Crippen LogP contribution is -2.03. The van der Waals surface area contributed by atoms with Gasteiger partial charge in [0.1, 0.15) is 18.1 Å². The lowest BCUT2D eigenvalue weighted by Gasteiger charge is -2.04. The van der Waals surface area contributed by atoms with Crippen LogP contribution in [0.1, 0.15) is 6.42 Å². The van der Waals surface area contributed by atoms with Gasteiger partial charge >= 0.3 is 11.9 Å². The van der Waals surface area contributed by atoms with Gasteiger partial charge in [-0.2, -0.15) is 0 Å². The topological polar surface area (TPSA) is 161 Å². The maximum Gasteiger partial charge on any atom is 0.314 e. The van der Waals surface area contributed by atoms with Crippen LogP contribution in [0.25, 0.3) is 33.5 Å². The molecule has 39 heavy (non-hydrogen) atoms. The van der Waals surface area contributed by atoms with Gasteiger partial charge in [-0.3, -0.25) is 19.6 Å². The summed E-state index contributed by atoms with van der Waals surface area (Å²) in [6.07, 6.45) is 6.48. The minimum absolute atomic E-state index is 0.731. The molecule has 0 saturated carbocycles. The molecule has 0 atom stereocenters. The Hall–Kier alpha value is -5.64. The molecule has 6 N–H and O–H groups in total. The van der Waals surface area contributed by atoms with E-state index in [2.05, 4.69) is 9.97 Å². The fourth-order valence-corrected chi connectivity index (χ4v) is 3.89. The van der Waals surface area contributed by atoms with Crippen molar-refractivity contribution in [3.63, 3.8) is 0 Å². The number of carbonyl (C=O) groups is 2. The second-order valence-corrected chi connectivity index (χ2v) is 8.27. The molecule has 0 amide bonds. The molecule has 6 rings (SSSR count). The number of fused-ring (bicyclic) bond motifs is 2. The summed E-state index contributed by atoms with van der Waals surface area (Å²) in [4.78, 5) is 27.7. The Morgan fingerprint density at radius 2 is 1.00 bits per heavy atom. The van der Waals surface area contributed by atoms with E-state index in [1.807, 2.05) is 106 Å². The van der Waals surface area contributed by atoms with E-state index in [4.69, 9.17) is 21.7 Å². The van der Waals surface area contributed by atoms with Crippen molar-refractivity contribution >= 4 is 34.6 Å². The van der Waals surface area contributed by atoms with Crippen LogP contribution < -0.4 is 11.5 Å². The molecule has 0 radical (unpaired) electrons. The number of anilines is 2. The maximum absolute atomic E-state index is 9.43. The van der Waals surface area contributed by atoms with Crippen LogP contribution in [-0.2, 0) is 9.59 Å². The first-order valence-electron chi connectivity index (χ1n) is 11.8. The Balaban J connectivity index is 0.000000147. The molecule has 196 valence electrons. The summed E-state index contributed by atoms with van der Waals surface area (Å²) >= 11 is 0. The number of benzene rings is 2. The van der Waals surface area contributed by atoms with E-state index >= 15 is 0 Å². The van der Waals surface area contributed by atoms with E-state index in [0.29, 0.717) is 0 Å². The number of nitrogens with two attached hydrogens (primary N) is 2. The predicted octanol–water partition coefficient (Wildman–Crippen LogP) is 4.71. The smallest absolute Gasteiger partial charge is 0.314 e. The summed E-state index contributed by atoms with van der Waals surface area (Å²) in [5.41, 5.74) is 17.9. The SMILES string of the molecule is Nc1ccc2c(-c3ccccc3)nccn12.Nc1ccc2c(-c3ccccc3)nccn12.O=C(O)CC(=O)O. The van der Waals surface area contributed by atoms with E-state index in [1.165, 1.54) is 0 Å². The van der Waals surface area contributed by atoms with Crippen molar-refractivity contribution in [2.24, 2.45) is 0 Å². The minimum atomic E-state index is -1.31. The Labute approximate surface area is 223 Å². The van der Waals surface area contributed by atoms with Gasteiger partial charge in [0.2, 0.25) is 0 Å². The molecule has 10 nitrogen and oxygen atoms in total. The van der Waals surface area contributed by atoms with E-state index in [1.54, 1.807) is 12.4 Å². The second kappa shape index (κ2) is 12.1. The van der Waals surface area contributed by atoms with Crippen molar-refractivity contribution in [2.75, 3.05) is 11.5 Å². The number of aliphatic carboxylic acids is 2. The largest absolute Gasteiger partial charge is 0.481 e. The first-order chi connectivity index (χ1) is 18.8. The quantitative estimate of drug-likeness (QED) is 0.242. The fourth-order valence-electron chi connectivity index (χ4n) is 3.89. The Kier molecular flexibility index (Phi) is 8.17. The number of hydrogen-bond acceptors (Lipinski definition) is 6. The molecular weight excluding hydrogens is 496 g/mol. The third-order valence-electron chi connectivity index (χ3n) is 5.62. The Morgan fingerprint density at radius 3 is 1.33 bits per heavy atom. The number of hydrogen-bond donors (Lipinski definition) is 4. The first kappa shape index (κ1) is 26.4. The highest BCUT2D eigenvalue weighted by atomic mass is 16.4. The van der Waals surface area contributed by atoms with E-state index in [9.17, 15) is 9.59 Å². The molecule has 4 heterocycles. The van der Waals surface area contributed by atoms with Gasteiger partial charge in [-0.1, -0.05) is 60.7 Å². The fraction of sp³-hybridized carbons (Fsp3) is 0.0345. The number of carboxylic acids is 2. The standard InChI is InChI=1S/2C13H11N3.C3H4O4/c2*14-12-7-6-11-13(15-8-9-16(11)12)10-4-2-1-3-5-10;4-2(5)1-3(6)7/h2*1-9H,14H2;1H2,(H,4,5)(H,6,7). The highest BCUT2D eigenvalue weighted by Gasteiger charge is 2.07. The molecule has 10 heteroatoms. The number of nitrogens with zero attached hydrogens (tertiary/aromatic N) is 4. The highest BCUT2D eigenvalue weighted by molar-refractivity contribution is 5.88. The number of nitrogen functional groups attached to an aromatic ring is 2. The summed E-state index contributed by atoms with van der Waals surface area (Å²) in [5, 5.41) is 15.4. The van der Waals surface area contributed by atoms with Crippen LogP contribution in [0.3, 0.4) is 0 Å². The molecule has 0 bridgehead atoms. The molecule has 0 aliphatic heterocycles. The van der Waals surface area contributed by atoms with Gasteiger partial charge in [-0.05, 0) is 24.3 Å². The molecule has 0 aliphatic carbocycles. The minimum Gasteiger partial charge on any atom is -0.481 e. The molecule has 0 spiro atoms. The first-order valence-corrected chi connectivity index (χ1v) is 11.8. The summed E-state index contributed by atoms with van der Waals surface area (Å²) in [6.45, 7) is 0. The van der Waals surface area contributed by atoms with Gasteiger partial charge in [0.15, 0.2) is 0 Å². The van der Waals surface area contributed by atoms with Gasteiger partial charge in [0, 0.05) is 35.9 Å². The van der Waals surface area contributed by atoms with Crippen molar-refractivity contribution in [3.05, 3.63) is 110 Å². The molecule has 6 aromatic rings. The maximum atomic E-state index is 9.43. The van der Waals surface area contributed by atoms with Gasteiger partial charge < -0.3 is 30.5 Å². The van der Waals surface area contributed by atoms with E-state index in [0.717, 1.165) is 45.2 Å². The van der Waals surface area contributed by atoms with Crippen molar-refractivity contribution in [1.82, 2.24) is 18.8 Å². The molecule has 0 aliphatic rings. The number of aromatic nitrogens is 4. The molecular formula is C29H26N6O4.